The van der Waals surface area contributed by atoms with Crippen molar-refractivity contribution in [3.63, 3.8) is 0 Å². The molecule has 7 heteroatoms. The van der Waals surface area contributed by atoms with Gasteiger partial charge in [0.1, 0.15) is 16.0 Å². The van der Waals surface area contributed by atoms with Crippen LogP contribution in [-0.2, 0) is 10.1 Å². The van der Waals surface area contributed by atoms with Crippen molar-refractivity contribution in [2.24, 2.45) is 0 Å². The van der Waals surface area contributed by atoms with Gasteiger partial charge < -0.3 is 14.8 Å². The van der Waals surface area contributed by atoms with Crippen molar-refractivity contribution in [3.05, 3.63) is 24.3 Å². The van der Waals surface area contributed by atoms with Gasteiger partial charge in [-0.1, -0.05) is 0 Å². The predicted molar refractivity (Wildman–Crippen MR) is 68.2 cm³/mol. The zero-order valence-corrected chi connectivity index (χ0v) is 13.8. The minimum Gasteiger partial charge on any atom is -0.747 e. The minimum absolute atomic E-state index is 0. The van der Waals surface area contributed by atoms with E-state index >= 15 is 0 Å². The Morgan fingerprint density at radius 2 is 1.67 bits per heavy atom. The summed E-state index contributed by atoms with van der Waals surface area (Å²) in [5, 5.41) is 2.57. The van der Waals surface area contributed by atoms with Crippen LogP contribution in [0.1, 0.15) is 13.8 Å². The van der Waals surface area contributed by atoms with Crippen LogP contribution >= 0.6 is 0 Å². The standard InChI is InChI=1S/C11H18N2O3S.Na/c1-3-13(4-2)11-7-5-10(6-8-11)12-9-17(14,15)16;/h5-8,12H,3-4,9H2,1-2H3,(H,14,15,16);/q;+1/p-1. The van der Waals surface area contributed by atoms with Crippen molar-refractivity contribution in [1.82, 2.24) is 0 Å². The van der Waals surface area contributed by atoms with E-state index in [1.807, 2.05) is 12.1 Å². The maximum absolute atomic E-state index is 10.4. The maximum Gasteiger partial charge on any atom is 1.00 e. The van der Waals surface area contributed by atoms with Gasteiger partial charge in [0.15, 0.2) is 0 Å². The summed E-state index contributed by atoms with van der Waals surface area (Å²) >= 11 is 0. The third-order valence-corrected chi connectivity index (χ3v) is 2.95. The minimum atomic E-state index is -4.23. The fraction of sp³-hybridized carbons (Fsp3) is 0.455. The number of nitrogens with zero attached hydrogens (tertiary/aromatic N) is 1. The van der Waals surface area contributed by atoms with E-state index in [9.17, 15) is 13.0 Å². The topological polar surface area (TPSA) is 72.5 Å². The van der Waals surface area contributed by atoms with E-state index in [1.54, 1.807) is 12.1 Å². The van der Waals surface area contributed by atoms with Crippen molar-refractivity contribution in [1.29, 1.82) is 0 Å². The van der Waals surface area contributed by atoms with Crippen LogP contribution in [0.3, 0.4) is 0 Å². The van der Waals surface area contributed by atoms with E-state index in [4.69, 9.17) is 0 Å². The number of nitrogens with one attached hydrogen (secondary N) is 1. The summed E-state index contributed by atoms with van der Waals surface area (Å²) in [7, 11) is -4.23. The molecule has 0 saturated carbocycles. The molecule has 1 N–H and O–H groups in total. The molecule has 96 valence electrons. The SMILES string of the molecule is CCN(CC)c1ccc(NCS(=O)(=O)[O-])cc1.[Na+]. The first-order valence-corrected chi connectivity index (χ1v) is 7.06. The number of rotatable bonds is 6. The van der Waals surface area contributed by atoms with E-state index in [-0.39, 0.29) is 29.6 Å². The Hall–Kier alpha value is -0.270. The Balaban J connectivity index is 0.00000289. The van der Waals surface area contributed by atoms with Crippen LogP contribution in [0.4, 0.5) is 11.4 Å². The molecule has 0 aliphatic carbocycles. The molecule has 1 rings (SSSR count). The first-order chi connectivity index (χ1) is 7.96. The molecule has 0 spiro atoms. The first kappa shape index (κ1) is 17.7. The van der Waals surface area contributed by atoms with Gasteiger partial charge in [0.05, 0.1) is 0 Å². The zero-order chi connectivity index (χ0) is 12.9. The molecule has 0 atom stereocenters. The Morgan fingerprint density at radius 3 is 2.06 bits per heavy atom. The fourth-order valence-corrected chi connectivity index (χ4v) is 1.89. The van der Waals surface area contributed by atoms with Crippen LogP contribution < -0.4 is 39.8 Å². The second-order valence-corrected chi connectivity index (χ2v) is 5.00. The molecule has 0 amide bonds. The van der Waals surface area contributed by atoms with E-state index < -0.39 is 16.0 Å². The van der Waals surface area contributed by atoms with Gasteiger partial charge in [0, 0.05) is 24.5 Å². The van der Waals surface area contributed by atoms with Crippen molar-refractivity contribution >= 4 is 21.5 Å². The fourth-order valence-electron chi connectivity index (χ4n) is 1.55. The van der Waals surface area contributed by atoms with Gasteiger partial charge in [-0.3, -0.25) is 0 Å². The number of hydrogen-bond donors (Lipinski definition) is 1. The Kier molecular flexibility index (Phi) is 7.89. The number of anilines is 2. The Morgan fingerprint density at radius 1 is 1.17 bits per heavy atom. The average Bonchev–Trinajstić information content (AvgIpc) is 2.29. The second-order valence-electron chi connectivity index (χ2n) is 3.60. The van der Waals surface area contributed by atoms with Gasteiger partial charge in [-0.15, -0.1) is 0 Å². The second kappa shape index (κ2) is 8.01. The quantitative estimate of drug-likeness (QED) is 0.505. The van der Waals surface area contributed by atoms with Crippen LogP contribution in [-0.4, -0.2) is 31.9 Å². The third kappa shape index (κ3) is 6.06. The largest absolute Gasteiger partial charge is 1.00 e. The monoisotopic (exact) mass is 280 g/mol. The smallest absolute Gasteiger partial charge is 0.747 e. The van der Waals surface area contributed by atoms with E-state index in [2.05, 4.69) is 24.1 Å². The van der Waals surface area contributed by atoms with E-state index in [0.717, 1.165) is 18.8 Å². The van der Waals surface area contributed by atoms with Gasteiger partial charge >= 0.3 is 29.6 Å². The molecule has 1 aromatic rings. The maximum atomic E-state index is 10.4. The molecule has 0 bridgehead atoms. The Labute approximate surface area is 131 Å². The molecule has 0 aliphatic heterocycles. The molecule has 0 fully saturated rings. The summed E-state index contributed by atoms with van der Waals surface area (Å²) in [6.45, 7) is 5.97. The molecule has 5 nitrogen and oxygen atoms in total. The van der Waals surface area contributed by atoms with Gasteiger partial charge in [-0.05, 0) is 38.1 Å². The van der Waals surface area contributed by atoms with Gasteiger partial charge in [-0.2, -0.15) is 0 Å². The van der Waals surface area contributed by atoms with Crippen molar-refractivity contribution in [2.75, 3.05) is 29.2 Å². The van der Waals surface area contributed by atoms with Gasteiger partial charge in [-0.25, -0.2) is 8.42 Å². The van der Waals surface area contributed by atoms with Gasteiger partial charge in [0.25, 0.3) is 0 Å². The molecular formula is C11H17N2NaO3S. The summed E-state index contributed by atoms with van der Waals surface area (Å²) in [5.41, 5.74) is 1.70. The zero-order valence-electron chi connectivity index (χ0n) is 11.0. The molecule has 0 heterocycles. The molecule has 18 heavy (non-hydrogen) atoms. The molecular weight excluding hydrogens is 263 g/mol. The van der Waals surface area contributed by atoms with Crippen LogP contribution in [0, 0.1) is 0 Å². The van der Waals surface area contributed by atoms with Crippen LogP contribution in [0.2, 0.25) is 0 Å². The van der Waals surface area contributed by atoms with Crippen molar-refractivity contribution in [3.8, 4) is 0 Å². The summed E-state index contributed by atoms with van der Waals surface area (Å²) < 4.78 is 31.3. The summed E-state index contributed by atoms with van der Waals surface area (Å²) in [5.74, 6) is -0.586. The van der Waals surface area contributed by atoms with Crippen LogP contribution in [0.25, 0.3) is 0 Å². The van der Waals surface area contributed by atoms with Crippen LogP contribution in [0.15, 0.2) is 24.3 Å². The molecule has 0 radical (unpaired) electrons. The molecule has 0 unspecified atom stereocenters. The normalized spacial score (nSPS) is 10.6. The first-order valence-electron chi connectivity index (χ1n) is 5.48. The van der Waals surface area contributed by atoms with Crippen molar-refractivity contribution in [2.45, 2.75) is 13.8 Å². The third-order valence-electron chi connectivity index (χ3n) is 2.45. The summed E-state index contributed by atoms with van der Waals surface area (Å²) in [4.78, 5) is 2.17. The molecule has 1 aromatic carbocycles. The number of hydrogen-bond acceptors (Lipinski definition) is 5. The Bertz CT molecular complexity index is 444. The van der Waals surface area contributed by atoms with Crippen molar-refractivity contribution < 1.29 is 42.5 Å². The predicted octanol–water partition coefficient (Wildman–Crippen LogP) is -1.55. The average molecular weight is 280 g/mol. The van der Waals surface area contributed by atoms with E-state index in [0.29, 0.717) is 5.69 Å². The van der Waals surface area contributed by atoms with E-state index in [1.165, 1.54) is 0 Å². The number of benzene rings is 1. The molecule has 0 aliphatic rings. The molecule has 0 saturated heterocycles. The van der Waals surface area contributed by atoms with Crippen LogP contribution in [0.5, 0.6) is 0 Å². The summed E-state index contributed by atoms with van der Waals surface area (Å²) in [6.07, 6.45) is 0. The summed E-state index contributed by atoms with van der Waals surface area (Å²) in [6, 6.07) is 7.32. The van der Waals surface area contributed by atoms with Gasteiger partial charge in [0.2, 0.25) is 0 Å². The molecule has 0 aromatic heterocycles.